The van der Waals surface area contributed by atoms with Crippen molar-refractivity contribution in [3.63, 3.8) is 0 Å². The van der Waals surface area contributed by atoms with Crippen LogP contribution in [0.15, 0.2) is 0 Å². The molecule has 1 atom stereocenters. The zero-order chi connectivity index (χ0) is 12.9. The lowest BCUT2D eigenvalue weighted by atomic mass is 10.0. The van der Waals surface area contributed by atoms with E-state index in [0.29, 0.717) is 11.3 Å². The molecule has 1 heteroatoms. The predicted molar refractivity (Wildman–Crippen MR) is 80.9 cm³/mol. The van der Waals surface area contributed by atoms with E-state index in [-0.39, 0.29) is 0 Å². The van der Waals surface area contributed by atoms with Crippen LogP contribution in [0.1, 0.15) is 91.4 Å². The van der Waals surface area contributed by atoms with Gasteiger partial charge in [0, 0.05) is 5.38 Å². The van der Waals surface area contributed by atoms with E-state index in [2.05, 4.69) is 20.8 Å². The van der Waals surface area contributed by atoms with E-state index in [1.165, 1.54) is 70.6 Å². The van der Waals surface area contributed by atoms with E-state index in [1.54, 1.807) is 0 Å². The Kier molecular flexibility index (Phi) is 13.0. The molecule has 0 nitrogen and oxygen atoms in total. The van der Waals surface area contributed by atoms with E-state index in [0.717, 1.165) is 0 Å². The molecule has 0 fully saturated rings. The molecule has 0 aromatic rings. The van der Waals surface area contributed by atoms with Gasteiger partial charge in [0.15, 0.2) is 0 Å². The summed E-state index contributed by atoms with van der Waals surface area (Å²) in [7, 11) is 0. The first kappa shape index (κ1) is 17.3. The van der Waals surface area contributed by atoms with Crippen molar-refractivity contribution >= 4 is 11.6 Å². The number of rotatable bonds is 12. The Balaban J connectivity index is 3.03. The molecule has 0 amide bonds. The van der Waals surface area contributed by atoms with Crippen LogP contribution in [0.25, 0.3) is 0 Å². The standard InChI is InChI=1S/C16H33Cl/c1-4-5-6-7-8-9-10-11-12-13-14-16(17)15(2)3/h15-16H,4-14H2,1-3H3. The van der Waals surface area contributed by atoms with Crippen molar-refractivity contribution in [1.29, 1.82) is 0 Å². The second-order valence-corrected chi connectivity index (χ2v) is 6.29. The molecular formula is C16H33Cl. The van der Waals surface area contributed by atoms with Crippen LogP contribution in [-0.2, 0) is 0 Å². The van der Waals surface area contributed by atoms with Gasteiger partial charge in [0.2, 0.25) is 0 Å². The molecule has 0 aliphatic rings. The molecule has 0 heterocycles. The van der Waals surface area contributed by atoms with Crippen molar-refractivity contribution in [3.05, 3.63) is 0 Å². The maximum absolute atomic E-state index is 6.23. The Morgan fingerprint density at radius 1 is 0.706 bits per heavy atom. The molecule has 0 aliphatic carbocycles. The highest BCUT2D eigenvalue weighted by Crippen LogP contribution is 2.18. The molecule has 0 aromatic heterocycles. The summed E-state index contributed by atoms with van der Waals surface area (Å²) in [5.41, 5.74) is 0. The SMILES string of the molecule is CCCCCCCCCCCCC(Cl)C(C)C. The first-order chi connectivity index (χ1) is 8.18. The number of alkyl halides is 1. The minimum atomic E-state index is 0.393. The van der Waals surface area contributed by atoms with Crippen molar-refractivity contribution in [2.45, 2.75) is 96.8 Å². The van der Waals surface area contributed by atoms with Gasteiger partial charge in [-0.25, -0.2) is 0 Å². The Morgan fingerprint density at radius 2 is 1.12 bits per heavy atom. The molecule has 0 saturated carbocycles. The van der Waals surface area contributed by atoms with Crippen LogP contribution < -0.4 is 0 Å². The Bertz CT molecular complexity index is 142. The van der Waals surface area contributed by atoms with Crippen LogP contribution in [0.5, 0.6) is 0 Å². The van der Waals surface area contributed by atoms with E-state index >= 15 is 0 Å². The van der Waals surface area contributed by atoms with Crippen LogP contribution in [0.2, 0.25) is 0 Å². The van der Waals surface area contributed by atoms with Crippen LogP contribution >= 0.6 is 11.6 Å². The smallest absolute Gasteiger partial charge is 0.0359 e. The van der Waals surface area contributed by atoms with Gasteiger partial charge in [-0.05, 0) is 12.3 Å². The van der Waals surface area contributed by atoms with Crippen LogP contribution in [0.3, 0.4) is 0 Å². The van der Waals surface area contributed by atoms with Gasteiger partial charge in [-0.3, -0.25) is 0 Å². The van der Waals surface area contributed by atoms with Crippen molar-refractivity contribution in [2.24, 2.45) is 5.92 Å². The molecular weight excluding hydrogens is 228 g/mol. The second-order valence-electron chi connectivity index (χ2n) is 5.73. The van der Waals surface area contributed by atoms with E-state index in [4.69, 9.17) is 11.6 Å². The third-order valence-corrected chi connectivity index (χ3v) is 4.28. The van der Waals surface area contributed by atoms with Crippen LogP contribution in [-0.4, -0.2) is 5.38 Å². The van der Waals surface area contributed by atoms with Crippen molar-refractivity contribution in [3.8, 4) is 0 Å². The highest BCUT2D eigenvalue weighted by Gasteiger charge is 2.08. The maximum Gasteiger partial charge on any atom is 0.0359 e. The molecule has 1 unspecified atom stereocenters. The summed E-state index contributed by atoms with van der Waals surface area (Å²) in [4.78, 5) is 0. The number of unbranched alkanes of at least 4 members (excludes halogenated alkanes) is 9. The molecule has 104 valence electrons. The highest BCUT2D eigenvalue weighted by molar-refractivity contribution is 6.20. The summed E-state index contributed by atoms with van der Waals surface area (Å²) in [5, 5.41) is 0.393. The highest BCUT2D eigenvalue weighted by atomic mass is 35.5. The molecule has 0 rings (SSSR count). The normalized spacial score (nSPS) is 13.2. The molecule has 0 spiro atoms. The monoisotopic (exact) mass is 260 g/mol. The lowest BCUT2D eigenvalue weighted by Crippen LogP contribution is -2.06. The summed E-state index contributed by atoms with van der Waals surface area (Å²) in [5.74, 6) is 0.634. The fraction of sp³-hybridized carbons (Fsp3) is 1.00. The van der Waals surface area contributed by atoms with E-state index in [1.807, 2.05) is 0 Å². The van der Waals surface area contributed by atoms with Gasteiger partial charge >= 0.3 is 0 Å². The average molecular weight is 261 g/mol. The molecule has 0 bridgehead atoms. The molecule has 0 N–H and O–H groups in total. The summed E-state index contributed by atoms with van der Waals surface area (Å²) in [6, 6.07) is 0. The van der Waals surface area contributed by atoms with Crippen LogP contribution in [0.4, 0.5) is 0 Å². The summed E-state index contributed by atoms with van der Waals surface area (Å²) in [6.07, 6.45) is 15.3. The van der Waals surface area contributed by atoms with Gasteiger partial charge in [-0.15, -0.1) is 11.6 Å². The summed E-state index contributed by atoms with van der Waals surface area (Å²) >= 11 is 6.23. The molecule has 0 radical (unpaired) electrons. The average Bonchev–Trinajstić information content (AvgIpc) is 2.31. The third-order valence-electron chi connectivity index (χ3n) is 3.56. The predicted octanol–water partition coefficient (Wildman–Crippen LogP) is 6.56. The van der Waals surface area contributed by atoms with Crippen molar-refractivity contribution in [2.75, 3.05) is 0 Å². The first-order valence-electron chi connectivity index (χ1n) is 7.82. The lowest BCUT2D eigenvalue weighted by Gasteiger charge is -2.12. The van der Waals surface area contributed by atoms with Gasteiger partial charge in [-0.1, -0.05) is 85.0 Å². The van der Waals surface area contributed by atoms with Crippen LogP contribution in [0, 0.1) is 5.92 Å². The molecule has 0 aromatic carbocycles. The first-order valence-corrected chi connectivity index (χ1v) is 8.26. The van der Waals surface area contributed by atoms with E-state index < -0.39 is 0 Å². The van der Waals surface area contributed by atoms with Gasteiger partial charge in [0.05, 0.1) is 0 Å². The maximum atomic E-state index is 6.23. The van der Waals surface area contributed by atoms with Gasteiger partial charge in [0.25, 0.3) is 0 Å². The number of hydrogen-bond acceptors (Lipinski definition) is 0. The fourth-order valence-corrected chi connectivity index (χ4v) is 2.31. The third kappa shape index (κ3) is 12.5. The van der Waals surface area contributed by atoms with Gasteiger partial charge in [-0.2, -0.15) is 0 Å². The summed E-state index contributed by atoms with van der Waals surface area (Å²) < 4.78 is 0. The van der Waals surface area contributed by atoms with Crippen molar-refractivity contribution < 1.29 is 0 Å². The molecule has 0 saturated heterocycles. The quantitative estimate of drug-likeness (QED) is 0.275. The second kappa shape index (κ2) is 12.7. The number of hydrogen-bond donors (Lipinski definition) is 0. The van der Waals surface area contributed by atoms with Crippen molar-refractivity contribution in [1.82, 2.24) is 0 Å². The zero-order valence-corrected chi connectivity index (χ0v) is 13.1. The number of halogens is 1. The molecule has 17 heavy (non-hydrogen) atoms. The summed E-state index contributed by atoms with van der Waals surface area (Å²) in [6.45, 7) is 6.71. The Hall–Kier alpha value is 0.290. The van der Waals surface area contributed by atoms with E-state index in [9.17, 15) is 0 Å². The minimum absolute atomic E-state index is 0.393. The van der Waals surface area contributed by atoms with Gasteiger partial charge < -0.3 is 0 Å². The van der Waals surface area contributed by atoms with Gasteiger partial charge in [0.1, 0.15) is 0 Å². The zero-order valence-electron chi connectivity index (χ0n) is 12.3. The fourth-order valence-electron chi connectivity index (χ4n) is 2.16. The Labute approximate surface area is 115 Å². The lowest BCUT2D eigenvalue weighted by molar-refractivity contribution is 0.510. The molecule has 0 aliphatic heterocycles. The largest absolute Gasteiger partial charge is 0.123 e. The topological polar surface area (TPSA) is 0 Å². The Morgan fingerprint density at radius 3 is 1.53 bits per heavy atom. The minimum Gasteiger partial charge on any atom is -0.123 e.